The zero-order valence-electron chi connectivity index (χ0n) is 17.0. The third kappa shape index (κ3) is 4.50. The molecule has 148 valence electrons. The second-order valence-electron chi connectivity index (χ2n) is 8.94. The summed E-state index contributed by atoms with van der Waals surface area (Å²) in [5.41, 5.74) is 1.56. The van der Waals surface area contributed by atoms with Gasteiger partial charge >= 0.3 is 0 Å². The number of aryl methyl sites for hydroxylation is 1. The fourth-order valence-corrected chi connectivity index (χ4v) is 5.70. The third-order valence-corrected chi connectivity index (χ3v) is 7.36. The Bertz CT molecular complexity index is 692. The van der Waals surface area contributed by atoms with Crippen molar-refractivity contribution in [3.8, 4) is 0 Å². The Balaban J connectivity index is 1.84. The molecule has 2 amide bonds. The first kappa shape index (κ1) is 20.2. The molecule has 1 aromatic carbocycles. The van der Waals surface area contributed by atoms with Gasteiger partial charge in [-0.15, -0.1) is 11.8 Å². The van der Waals surface area contributed by atoms with E-state index in [0.717, 1.165) is 18.4 Å². The molecule has 2 unspecified atom stereocenters. The van der Waals surface area contributed by atoms with E-state index in [0.29, 0.717) is 11.3 Å². The summed E-state index contributed by atoms with van der Waals surface area (Å²) in [7, 11) is 0. The average molecular weight is 389 g/mol. The molecule has 0 radical (unpaired) electrons. The van der Waals surface area contributed by atoms with E-state index < -0.39 is 6.04 Å². The quantitative estimate of drug-likeness (QED) is 0.836. The number of hydrogen-bond donors (Lipinski definition) is 1. The standard InChI is InChI=1S/C22H32N2O2S/c1-15-10-8-9-13-17(15)20(26)24-18(14-27-21(24)22(2,3)4)19(25)23-16-11-6-5-7-12-16/h8-10,13,16,18,21H,5-7,11-12,14H2,1-4H3,(H,23,25). The van der Waals surface area contributed by atoms with Crippen molar-refractivity contribution in [2.45, 2.75) is 77.3 Å². The Morgan fingerprint density at radius 3 is 2.41 bits per heavy atom. The molecule has 27 heavy (non-hydrogen) atoms. The Morgan fingerprint density at radius 2 is 1.78 bits per heavy atom. The van der Waals surface area contributed by atoms with Gasteiger partial charge in [-0.25, -0.2) is 0 Å². The zero-order valence-corrected chi connectivity index (χ0v) is 17.8. The van der Waals surface area contributed by atoms with E-state index in [-0.39, 0.29) is 28.6 Å². The summed E-state index contributed by atoms with van der Waals surface area (Å²) in [4.78, 5) is 28.4. The normalized spacial score (nSPS) is 24.1. The molecule has 2 fully saturated rings. The van der Waals surface area contributed by atoms with E-state index in [1.165, 1.54) is 19.3 Å². The smallest absolute Gasteiger partial charge is 0.255 e. The van der Waals surface area contributed by atoms with Gasteiger partial charge < -0.3 is 10.2 Å². The number of hydrogen-bond acceptors (Lipinski definition) is 3. The SMILES string of the molecule is Cc1ccccc1C(=O)N1C(C(=O)NC2CCCCC2)CSC1C(C)(C)C. The summed E-state index contributed by atoms with van der Waals surface area (Å²) in [6, 6.07) is 7.54. The summed E-state index contributed by atoms with van der Waals surface area (Å²) in [6.45, 7) is 8.39. The molecular weight excluding hydrogens is 356 g/mol. The second kappa shape index (κ2) is 8.26. The topological polar surface area (TPSA) is 49.4 Å². The minimum atomic E-state index is -0.395. The van der Waals surface area contributed by atoms with Gasteiger partial charge in [0.15, 0.2) is 0 Å². The first-order valence-electron chi connectivity index (χ1n) is 10.1. The predicted octanol–water partition coefficient (Wildman–Crippen LogP) is 4.37. The van der Waals surface area contributed by atoms with E-state index in [2.05, 4.69) is 26.1 Å². The number of nitrogens with zero attached hydrogens (tertiary/aromatic N) is 1. The summed E-state index contributed by atoms with van der Waals surface area (Å²) in [5.74, 6) is 0.655. The van der Waals surface area contributed by atoms with Gasteiger partial charge in [0.05, 0.1) is 5.37 Å². The molecule has 2 atom stereocenters. The van der Waals surface area contributed by atoms with Crippen LogP contribution < -0.4 is 5.32 Å². The summed E-state index contributed by atoms with van der Waals surface area (Å²) < 4.78 is 0. The highest BCUT2D eigenvalue weighted by atomic mass is 32.2. The van der Waals surface area contributed by atoms with Gasteiger partial charge in [-0.1, -0.05) is 58.2 Å². The van der Waals surface area contributed by atoms with Gasteiger partial charge in [0.2, 0.25) is 5.91 Å². The molecule has 1 saturated carbocycles. The minimum absolute atomic E-state index is 0.00767. The van der Waals surface area contributed by atoms with Gasteiger partial charge in [-0.05, 0) is 36.8 Å². The predicted molar refractivity (Wildman–Crippen MR) is 112 cm³/mol. The number of rotatable bonds is 3. The van der Waals surface area contributed by atoms with Crippen molar-refractivity contribution >= 4 is 23.6 Å². The Kier molecular flexibility index (Phi) is 6.19. The summed E-state index contributed by atoms with van der Waals surface area (Å²) in [5, 5.41) is 3.23. The van der Waals surface area contributed by atoms with Gasteiger partial charge in [-0.3, -0.25) is 9.59 Å². The minimum Gasteiger partial charge on any atom is -0.352 e. The molecule has 1 saturated heterocycles. The van der Waals surface area contributed by atoms with Crippen molar-refractivity contribution in [1.82, 2.24) is 10.2 Å². The van der Waals surface area contributed by atoms with Crippen LogP contribution in [-0.2, 0) is 4.79 Å². The van der Waals surface area contributed by atoms with Crippen LogP contribution in [0.5, 0.6) is 0 Å². The maximum Gasteiger partial charge on any atom is 0.255 e. The lowest BCUT2D eigenvalue weighted by atomic mass is 9.93. The first-order chi connectivity index (χ1) is 12.8. The highest BCUT2D eigenvalue weighted by Crippen LogP contribution is 2.41. The Hall–Kier alpha value is -1.49. The van der Waals surface area contributed by atoms with E-state index in [1.54, 1.807) is 11.8 Å². The van der Waals surface area contributed by atoms with Crippen LogP contribution in [0.25, 0.3) is 0 Å². The maximum absolute atomic E-state index is 13.5. The average Bonchev–Trinajstić information content (AvgIpc) is 3.08. The van der Waals surface area contributed by atoms with E-state index in [4.69, 9.17) is 0 Å². The number of amides is 2. The molecular formula is C22H32N2O2S. The van der Waals surface area contributed by atoms with Gasteiger partial charge in [-0.2, -0.15) is 0 Å². The Morgan fingerprint density at radius 1 is 1.11 bits per heavy atom. The lowest BCUT2D eigenvalue weighted by Crippen LogP contribution is -2.54. The summed E-state index contributed by atoms with van der Waals surface area (Å²) in [6.07, 6.45) is 5.73. The molecule has 1 N–H and O–H groups in total. The van der Waals surface area contributed by atoms with E-state index in [1.807, 2.05) is 36.1 Å². The molecule has 1 aromatic rings. The van der Waals surface area contributed by atoms with E-state index >= 15 is 0 Å². The highest BCUT2D eigenvalue weighted by Gasteiger charge is 2.47. The third-order valence-electron chi connectivity index (χ3n) is 5.61. The highest BCUT2D eigenvalue weighted by molar-refractivity contribution is 8.00. The van der Waals surface area contributed by atoms with Crippen molar-refractivity contribution in [3.63, 3.8) is 0 Å². The van der Waals surface area contributed by atoms with Gasteiger partial charge in [0.1, 0.15) is 6.04 Å². The molecule has 1 aliphatic heterocycles. The molecule has 0 bridgehead atoms. The van der Waals surface area contributed by atoms with Crippen molar-refractivity contribution in [3.05, 3.63) is 35.4 Å². The largest absolute Gasteiger partial charge is 0.352 e. The molecule has 5 heteroatoms. The first-order valence-corrected chi connectivity index (χ1v) is 11.1. The zero-order chi connectivity index (χ0) is 19.6. The van der Waals surface area contributed by atoms with Crippen molar-refractivity contribution < 1.29 is 9.59 Å². The molecule has 1 aliphatic carbocycles. The molecule has 2 aliphatic rings. The summed E-state index contributed by atoms with van der Waals surface area (Å²) >= 11 is 1.73. The monoisotopic (exact) mass is 388 g/mol. The van der Waals surface area contributed by atoms with Crippen molar-refractivity contribution in [1.29, 1.82) is 0 Å². The van der Waals surface area contributed by atoms with Crippen LogP contribution in [0, 0.1) is 12.3 Å². The molecule has 0 aromatic heterocycles. The van der Waals surface area contributed by atoms with Crippen LogP contribution in [0.15, 0.2) is 24.3 Å². The molecule has 3 rings (SSSR count). The second-order valence-corrected chi connectivity index (χ2v) is 10.1. The van der Waals surface area contributed by atoms with Crippen LogP contribution in [0.1, 0.15) is 68.8 Å². The maximum atomic E-state index is 13.5. The number of nitrogens with one attached hydrogen (secondary N) is 1. The molecule has 0 spiro atoms. The number of benzene rings is 1. The van der Waals surface area contributed by atoms with Crippen molar-refractivity contribution in [2.24, 2.45) is 5.41 Å². The van der Waals surface area contributed by atoms with Crippen LogP contribution in [0.3, 0.4) is 0 Å². The lowest BCUT2D eigenvalue weighted by Gasteiger charge is -2.37. The number of thioether (sulfide) groups is 1. The van der Waals surface area contributed by atoms with Crippen LogP contribution in [0.2, 0.25) is 0 Å². The van der Waals surface area contributed by atoms with Crippen LogP contribution in [0.4, 0.5) is 0 Å². The number of carbonyl (C=O) groups is 2. The molecule has 4 nitrogen and oxygen atoms in total. The van der Waals surface area contributed by atoms with Gasteiger partial charge in [0.25, 0.3) is 5.91 Å². The fraction of sp³-hybridized carbons (Fsp3) is 0.636. The molecule has 1 heterocycles. The van der Waals surface area contributed by atoms with Crippen molar-refractivity contribution in [2.75, 3.05) is 5.75 Å². The van der Waals surface area contributed by atoms with Crippen LogP contribution in [-0.4, -0.2) is 39.9 Å². The lowest BCUT2D eigenvalue weighted by molar-refractivity contribution is -0.126. The van der Waals surface area contributed by atoms with E-state index in [9.17, 15) is 9.59 Å². The Labute approximate surface area is 167 Å². The van der Waals surface area contributed by atoms with Crippen LogP contribution >= 0.6 is 11.8 Å². The number of carbonyl (C=O) groups excluding carboxylic acids is 2. The fourth-order valence-electron chi connectivity index (χ4n) is 4.12. The van der Waals surface area contributed by atoms with Gasteiger partial charge in [0, 0.05) is 17.4 Å².